The minimum atomic E-state index is -0.0162. The van der Waals surface area contributed by atoms with Gasteiger partial charge in [0.1, 0.15) is 0 Å². The van der Waals surface area contributed by atoms with Gasteiger partial charge in [-0.25, -0.2) is 4.99 Å². The van der Waals surface area contributed by atoms with Gasteiger partial charge in [-0.1, -0.05) is 29.8 Å². The Bertz CT molecular complexity index is 762. The summed E-state index contributed by atoms with van der Waals surface area (Å²) in [5, 5.41) is 17.3. The lowest BCUT2D eigenvalue weighted by Crippen LogP contribution is -2.38. The normalized spacial score (nSPS) is 10.8. The molecule has 3 N–H and O–H groups in total. The summed E-state index contributed by atoms with van der Waals surface area (Å²) in [5.74, 6) is 1.40. The van der Waals surface area contributed by atoms with Crippen molar-refractivity contribution in [3.63, 3.8) is 0 Å². The van der Waals surface area contributed by atoms with E-state index in [2.05, 4.69) is 15.6 Å². The molecule has 0 unspecified atom stereocenters. The van der Waals surface area contributed by atoms with Gasteiger partial charge in [0.25, 0.3) is 0 Å². The zero-order chi connectivity index (χ0) is 19.6. The molecule has 0 aliphatic heterocycles. The van der Waals surface area contributed by atoms with Gasteiger partial charge < -0.3 is 25.2 Å². The number of methoxy groups -OCH3 is 2. The van der Waals surface area contributed by atoms with E-state index in [4.69, 9.17) is 21.1 Å². The highest BCUT2D eigenvalue weighted by atomic mass is 127. The van der Waals surface area contributed by atoms with Crippen molar-refractivity contribution in [3.05, 3.63) is 52.5 Å². The summed E-state index contributed by atoms with van der Waals surface area (Å²) in [4.78, 5) is 4.59. The zero-order valence-electron chi connectivity index (χ0n) is 16.3. The maximum absolute atomic E-state index is 10.0. The monoisotopic (exact) mass is 519 g/mol. The standard InChI is InChI=1S/C20H26ClN3O3.HI/c1-4-22-20(23-10-9-15-7-5-6-8-16(15)21)24-13-14-11-17(26-2)19(25)18(12-14)27-3;/h5-8,11-12,25H,4,9-10,13H2,1-3H3,(H2,22,23,24);1H. The molecule has 0 atom stereocenters. The van der Waals surface area contributed by atoms with Crippen molar-refractivity contribution in [2.45, 2.75) is 19.9 Å². The van der Waals surface area contributed by atoms with Crippen LogP contribution in [0.1, 0.15) is 18.1 Å². The number of guanidine groups is 1. The van der Waals surface area contributed by atoms with E-state index in [1.54, 1.807) is 12.1 Å². The Hall–Kier alpha value is -1.87. The van der Waals surface area contributed by atoms with Gasteiger partial charge in [-0.05, 0) is 42.7 Å². The minimum absolute atomic E-state index is 0. The average molecular weight is 520 g/mol. The molecule has 0 bridgehead atoms. The number of nitrogens with one attached hydrogen (secondary N) is 2. The highest BCUT2D eigenvalue weighted by Crippen LogP contribution is 2.37. The summed E-state index contributed by atoms with van der Waals surface area (Å²) in [6.07, 6.45) is 0.797. The molecule has 154 valence electrons. The molecule has 0 heterocycles. The molecular weight excluding hydrogens is 493 g/mol. The molecule has 0 aliphatic rings. The first kappa shape index (κ1) is 24.2. The summed E-state index contributed by atoms with van der Waals surface area (Å²) in [5.41, 5.74) is 1.96. The van der Waals surface area contributed by atoms with Crippen LogP contribution in [0.4, 0.5) is 0 Å². The number of halogens is 2. The number of aliphatic imine (C=N–C) groups is 1. The quantitative estimate of drug-likeness (QED) is 0.280. The molecule has 0 amide bonds. The number of aromatic hydroxyl groups is 1. The van der Waals surface area contributed by atoms with Crippen LogP contribution in [-0.2, 0) is 13.0 Å². The van der Waals surface area contributed by atoms with Crippen molar-refractivity contribution in [2.24, 2.45) is 4.99 Å². The molecule has 2 rings (SSSR count). The summed E-state index contributed by atoms with van der Waals surface area (Å²) in [6.45, 7) is 3.88. The molecule has 6 nitrogen and oxygen atoms in total. The molecule has 0 radical (unpaired) electrons. The number of benzene rings is 2. The van der Waals surface area contributed by atoms with Crippen molar-refractivity contribution >= 4 is 41.5 Å². The van der Waals surface area contributed by atoms with Crippen molar-refractivity contribution < 1.29 is 14.6 Å². The lowest BCUT2D eigenvalue weighted by atomic mass is 10.1. The van der Waals surface area contributed by atoms with Gasteiger partial charge in [0.15, 0.2) is 17.5 Å². The average Bonchev–Trinajstić information content (AvgIpc) is 2.68. The third-order valence-corrected chi connectivity index (χ3v) is 4.32. The van der Waals surface area contributed by atoms with Gasteiger partial charge >= 0.3 is 0 Å². The van der Waals surface area contributed by atoms with E-state index >= 15 is 0 Å². The Morgan fingerprint density at radius 1 is 1.11 bits per heavy atom. The topological polar surface area (TPSA) is 75.1 Å². The second kappa shape index (κ2) is 12.6. The predicted molar refractivity (Wildman–Crippen MR) is 125 cm³/mol. The van der Waals surface area contributed by atoms with Crippen LogP contribution < -0.4 is 20.1 Å². The molecule has 0 aromatic heterocycles. The number of hydrogen-bond donors (Lipinski definition) is 3. The van der Waals surface area contributed by atoms with Crippen LogP contribution in [0.25, 0.3) is 0 Å². The van der Waals surface area contributed by atoms with Gasteiger partial charge in [-0.15, -0.1) is 24.0 Å². The molecular formula is C20H27ClIN3O3. The fourth-order valence-electron chi connectivity index (χ4n) is 2.57. The van der Waals surface area contributed by atoms with Crippen LogP contribution in [0, 0.1) is 0 Å². The first-order valence-electron chi connectivity index (χ1n) is 8.78. The van der Waals surface area contributed by atoms with E-state index in [0.717, 1.165) is 29.1 Å². The SMILES string of the molecule is CCNC(=NCc1cc(OC)c(O)c(OC)c1)NCCc1ccccc1Cl.I. The van der Waals surface area contributed by atoms with Gasteiger partial charge in [-0.2, -0.15) is 0 Å². The highest BCUT2D eigenvalue weighted by Gasteiger charge is 2.11. The number of ether oxygens (including phenoxy) is 2. The van der Waals surface area contributed by atoms with Crippen molar-refractivity contribution in [1.29, 1.82) is 0 Å². The molecule has 0 aliphatic carbocycles. The van der Waals surface area contributed by atoms with E-state index in [-0.39, 0.29) is 29.7 Å². The Morgan fingerprint density at radius 2 is 1.75 bits per heavy atom. The maximum Gasteiger partial charge on any atom is 0.200 e. The van der Waals surface area contributed by atoms with E-state index in [1.807, 2.05) is 31.2 Å². The molecule has 28 heavy (non-hydrogen) atoms. The second-order valence-corrected chi connectivity index (χ2v) is 6.22. The summed E-state index contributed by atoms with van der Waals surface area (Å²) < 4.78 is 10.4. The molecule has 0 fully saturated rings. The smallest absolute Gasteiger partial charge is 0.200 e. The van der Waals surface area contributed by atoms with Gasteiger partial charge in [0, 0.05) is 18.1 Å². The number of phenolic OH excluding ortho intramolecular Hbond substituents is 1. The minimum Gasteiger partial charge on any atom is -0.502 e. The number of rotatable bonds is 8. The molecule has 2 aromatic rings. The Balaban J connectivity index is 0.00000392. The first-order chi connectivity index (χ1) is 13.1. The van der Waals surface area contributed by atoms with Crippen molar-refractivity contribution in [3.8, 4) is 17.2 Å². The van der Waals surface area contributed by atoms with Crippen LogP contribution in [0.2, 0.25) is 5.02 Å². The second-order valence-electron chi connectivity index (χ2n) is 5.81. The predicted octanol–water partition coefficient (Wildman–Crippen LogP) is 3.98. The Kier molecular flexibility index (Phi) is 10.8. The van der Waals surface area contributed by atoms with Crippen molar-refractivity contribution in [2.75, 3.05) is 27.3 Å². The van der Waals surface area contributed by atoms with Gasteiger partial charge in [0.2, 0.25) is 5.75 Å². The first-order valence-corrected chi connectivity index (χ1v) is 9.16. The number of nitrogens with zero attached hydrogens (tertiary/aromatic N) is 1. The fraction of sp³-hybridized carbons (Fsp3) is 0.350. The molecule has 0 saturated heterocycles. The van der Waals surface area contributed by atoms with Crippen LogP contribution >= 0.6 is 35.6 Å². The van der Waals surface area contributed by atoms with Crippen LogP contribution in [0.5, 0.6) is 17.2 Å². The third kappa shape index (κ3) is 6.94. The number of hydrogen-bond acceptors (Lipinski definition) is 4. The Morgan fingerprint density at radius 3 is 2.32 bits per heavy atom. The lowest BCUT2D eigenvalue weighted by molar-refractivity contribution is 0.339. The van der Waals surface area contributed by atoms with Crippen LogP contribution in [0.3, 0.4) is 0 Å². The molecule has 0 saturated carbocycles. The van der Waals surface area contributed by atoms with Gasteiger partial charge in [0.05, 0.1) is 20.8 Å². The van der Waals surface area contributed by atoms with E-state index in [9.17, 15) is 5.11 Å². The van der Waals surface area contributed by atoms with Crippen LogP contribution in [-0.4, -0.2) is 38.4 Å². The largest absolute Gasteiger partial charge is 0.502 e. The number of phenols is 1. The summed E-state index contributed by atoms with van der Waals surface area (Å²) >= 11 is 6.19. The summed E-state index contributed by atoms with van der Waals surface area (Å²) in [6, 6.07) is 11.3. The van der Waals surface area contributed by atoms with E-state index in [1.165, 1.54) is 14.2 Å². The van der Waals surface area contributed by atoms with Crippen molar-refractivity contribution in [1.82, 2.24) is 10.6 Å². The Labute approximate surface area is 188 Å². The molecule has 2 aromatic carbocycles. The molecule has 8 heteroatoms. The fourth-order valence-corrected chi connectivity index (χ4v) is 2.80. The van der Waals surface area contributed by atoms with E-state index in [0.29, 0.717) is 30.5 Å². The highest BCUT2D eigenvalue weighted by molar-refractivity contribution is 14.0. The maximum atomic E-state index is 10.0. The van der Waals surface area contributed by atoms with Crippen LogP contribution in [0.15, 0.2) is 41.4 Å². The third-order valence-electron chi connectivity index (χ3n) is 3.95. The van der Waals surface area contributed by atoms with E-state index < -0.39 is 0 Å². The summed E-state index contributed by atoms with van der Waals surface area (Å²) in [7, 11) is 3.00. The van der Waals surface area contributed by atoms with Gasteiger partial charge in [-0.3, -0.25) is 0 Å². The zero-order valence-corrected chi connectivity index (χ0v) is 19.4. The lowest BCUT2D eigenvalue weighted by Gasteiger charge is -2.13. The molecule has 0 spiro atoms.